The van der Waals surface area contributed by atoms with Crippen LogP contribution in [0.25, 0.3) is 11.3 Å². The van der Waals surface area contributed by atoms with Crippen molar-refractivity contribution < 1.29 is 4.79 Å². The summed E-state index contributed by atoms with van der Waals surface area (Å²) in [6, 6.07) is 2.23. The van der Waals surface area contributed by atoms with Crippen molar-refractivity contribution in [2.24, 2.45) is 17.8 Å². The van der Waals surface area contributed by atoms with Gasteiger partial charge in [-0.05, 0) is 68.9 Å². The number of rotatable bonds is 8. The Kier molecular flexibility index (Phi) is 7.90. The van der Waals surface area contributed by atoms with Crippen molar-refractivity contribution in [2.75, 3.05) is 6.54 Å². The van der Waals surface area contributed by atoms with E-state index in [-0.39, 0.29) is 5.91 Å². The van der Waals surface area contributed by atoms with Gasteiger partial charge in [0.05, 0.1) is 5.69 Å². The van der Waals surface area contributed by atoms with Crippen LogP contribution in [0.1, 0.15) is 87.6 Å². The van der Waals surface area contributed by atoms with Crippen LogP contribution in [-0.2, 0) is 19.4 Å². The third kappa shape index (κ3) is 5.55. The molecule has 3 rings (SSSR count). The molecule has 5 heteroatoms. The Morgan fingerprint density at radius 2 is 1.94 bits per heavy atom. The number of nitrogens with one attached hydrogen (secondary N) is 1. The Morgan fingerprint density at radius 3 is 2.55 bits per heavy atom. The molecular formula is C26H40N4O. The Bertz CT molecular complexity index is 891. The van der Waals surface area contributed by atoms with Crippen molar-refractivity contribution in [3.63, 3.8) is 0 Å². The second kappa shape index (κ2) is 10.4. The van der Waals surface area contributed by atoms with Gasteiger partial charge in [-0.1, -0.05) is 40.5 Å². The van der Waals surface area contributed by atoms with Crippen LogP contribution in [-0.4, -0.2) is 27.2 Å². The van der Waals surface area contributed by atoms with Gasteiger partial charge in [-0.2, -0.15) is 5.10 Å². The SMILES string of the molecule is CCc1cc(CC(C)C)ncc1-c1c(C)c(C(=O)NCC2CCC(C)CC2)nn1CC. The number of carbonyl (C=O) groups excluding carboxylic acids is 1. The number of amides is 1. The number of aromatic nitrogens is 3. The summed E-state index contributed by atoms with van der Waals surface area (Å²) < 4.78 is 1.96. The van der Waals surface area contributed by atoms with Crippen molar-refractivity contribution in [3.05, 3.63) is 34.8 Å². The Morgan fingerprint density at radius 1 is 1.23 bits per heavy atom. The van der Waals surface area contributed by atoms with Crippen LogP contribution in [0.5, 0.6) is 0 Å². The summed E-state index contributed by atoms with van der Waals surface area (Å²) in [6.45, 7) is 14.5. The molecule has 5 nitrogen and oxygen atoms in total. The van der Waals surface area contributed by atoms with E-state index in [1.165, 1.54) is 31.2 Å². The molecule has 1 amide bonds. The predicted octanol–water partition coefficient (Wildman–Crippen LogP) is 5.59. The Balaban J connectivity index is 1.83. The van der Waals surface area contributed by atoms with Crippen molar-refractivity contribution >= 4 is 5.91 Å². The molecule has 1 N–H and O–H groups in total. The van der Waals surface area contributed by atoms with Crippen molar-refractivity contribution in [3.8, 4) is 11.3 Å². The molecular weight excluding hydrogens is 384 g/mol. The fourth-order valence-electron chi connectivity index (χ4n) is 4.77. The van der Waals surface area contributed by atoms with Crippen molar-refractivity contribution in [1.29, 1.82) is 0 Å². The van der Waals surface area contributed by atoms with E-state index < -0.39 is 0 Å². The molecule has 1 aliphatic rings. The van der Waals surface area contributed by atoms with Crippen LogP contribution in [0.2, 0.25) is 0 Å². The highest BCUT2D eigenvalue weighted by atomic mass is 16.1. The first-order valence-corrected chi connectivity index (χ1v) is 12.2. The lowest BCUT2D eigenvalue weighted by Crippen LogP contribution is -2.31. The number of hydrogen-bond donors (Lipinski definition) is 1. The number of carbonyl (C=O) groups is 1. The molecule has 0 saturated heterocycles. The van der Waals surface area contributed by atoms with Crippen molar-refractivity contribution in [2.45, 2.75) is 86.6 Å². The van der Waals surface area contributed by atoms with Gasteiger partial charge in [0.15, 0.2) is 5.69 Å². The Hall–Kier alpha value is -2.17. The van der Waals surface area contributed by atoms with Crippen LogP contribution in [0.3, 0.4) is 0 Å². The zero-order valence-corrected chi connectivity index (χ0v) is 20.3. The maximum absolute atomic E-state index is 13.0. The first-order valence-electron chi connectivity index (χ1n) is 12.2. The number of hydrogen-bond acceptors (Lipinski definition) is 3. The third-order valence-electron chi connectivity index (χ3n) is 6.69. The molecule has 31 heavy (non-hydrogen) atoms. The van der Waals surface area contributed by atoms with Crippen LogP contribution >= 0.6 is 0 Å². The molecule has 0 aromatic carbocycles. The molecule has 0 radical (unpaired) electrons. The lowest BCUT2D eigenvalue weighted by molar-refractivity contribution is 0.0935. The highest BCUT2D eigenvalue weighted by molar-refractivity contribution is 5.95. The minimum atomic E-state index is -0.0491. The maximum Gasteiger partial charge on any atom is 0.272 e. The third-order valence-corrected chi connectivity index (χ3v) is 6.69. The molecule has 2 aromatic rings. The molecule has 0 atom stereocenters. The van der Waals surface area contributed by atoms with Crippen LogP contribution in [0.15, 0.2) is 12.3 Å². The molecule has 1 saturated carbocycles. The molecule has 0 bridgehead atoms. The van der Waals surface area contributed by atoms with Crippen LogP contribution in [0.4, 0.5) is 0 Å². The molecule has 1 aliphatic carbocycles. The van der Waals surface area contributed by atoms with Crippen molar-refractivity contribution in [1.82, 2.24) is 20.1 Å². The van der Waals surface area contributed by atoms with Gasteiger partial charge in [0.1, 0.15) is 0 Å². The van der Waals surface area contributed by atoms with E-state index in [2.05, 4.69) is 46.0 Å². The van der Waals surface area contributed by atoms with Gasteiger partial charge < -0.3 is 5.32 Å². The van der Waals surface area contributed by atoms with E-state index in [4.69, 9.17) is 10.1 Å². The zero-order chi connectivity index (χ0) is 22.5. The fraction of sp³-hybridized carbons (Fsp3) is 0.654. The van der Waals surface area contributed by atoms with Gasteiger partial charge in [-0.25, -0.2) is 0 Å². The number of aryl methyl sites for hydroxylation is 2. The van der Waals surface area contributed by atoms with E-state index in [1.54, 1.807) is 0 Å². The van der Waals surface area contributed by atoms with Gasteiger partial charge in [0.2, 0.25) is 0 Å². The average Bonchev–Trinajstić information content (AvgIpc) is 3.08. The molecule has 0 unspecified atom stereocenters. The number of pyridine rings is 1. The van der Waals surface area contributed by atoms with E-state index in [0.717, 1.165) is 54.4 Å². The molecule has 0 aliphatic heterocycles. The monoisotopic (exact) mass is 424 g/mol. The molecule has 0 spiro atoms. The normalized spacial score (nSPS) is 19.1. The summed E-state index contributed by atoms with van der Waals surface area (Å²) in [5, 5.41) is 7.87. The highest BCUT2D eigenvalue weighted by Gasteiger charge is 2.24. The van der Waals surface area contributed by atoms with E-state index >= 15 is 0 Å². The number of nitrogens with zero attached hydrogens (tertiary/aromatic N) is 3. The van der Waals surface area contributed by atoms with Gasteiger partial charge in [-0.15, -0.1) is 0 Å². The summed E-state index contributed by atoms with van der Waals surface area (Å²) in [6.07, 6.45) is 8.86. The van der Waals surface area contributed by atoms with E-state index in [0.29, 0.717) is 17.5 Å². The smallest absolute Gasteiger partial charge is 0.272 e. The maximum atomic E-state index is 13.0. The largest absolute Gasteiger partial charge is 0.350 e. The standard InChI is InChI=1S/C26H40N4O/c1-7-21-14-22(13-17(3)4)27-16-23(21)25-19(6)24(29-30(25)8-2)26(31)28-15-20-11-9-18(5)10-12-20/h14,16-18,20H,7-13,15H2,1-6H3,(H,28,31). The van der Waals surface area contributed by atoms with Crippen LogP contribution < -0.4 is 5.32 Å². The molecule has 170 valence electrons. The van der Waals surface area contributed by atoms with E-state index in [9.17, 15) is 4.79 Å². The second-order valence-electron chi connectivity index (χ2n) is 9.76. The first kappa shape index (κ1) is 23.5. The second-order valence-corrected chi connectivity index (χ2v) is 9.76. The minimum Gasteiger partial charge on any atom is -0.350 e. The lowest BCUT2D eigenvalue weighted by atomic mass is 9.83. The fourth-order valence-corrected chi connectivity index (χ4v) is 4.77. The highest BCUT2D eigenvalue weighted by Crippen LogP contribution is 2.31. The summed E-state index contributed by atoms with van der Waals surface area (Å²) in [4.78, 5) is 17.7. The molecule has 2 heterocycles. The molecule has 2 aromatic heterocycles. The topological polar surface area (TPSA) is 59.8 Å². The summed E-state index contributed by atoms with van der Waals surface area (Å²) in [5.41, 5.74) is 6.03. The van der Waals surface area contributed by atoms with Gasteiger partial charge in [-0.3, -0.25) is 14.5 Å². The summed E-state index contributed by atoms with van der Waals surface area (Å²) in [7, 11) is 0. The van der Waals surface area contributed by atoms with Crippen LogP contribution in [0, 0.1) is 24.7 Å². The summed E-state index contributed by atoms with van der Waals surface area (Å²) in [5.74, 6) is 1.95. The van der Waals surface area contributed by atoms with Gasteiger partial charge >= 0.3 is 0 Å². The quantitative estimate of drug-likeness (QED) is 0.601. The molecule has 1 fully saturated rings. The first-order chi connectivity index (χ1) is 14.8. The average molecular weight is 425 g/mol. The summed E-state index contributed by atoms with van der Waals surface area (Å²) >= 11 is 0. The lowest BCUT2D eigenvalue weighted by Gasteiger charge is -2.26. The minimum absolute atomic E-state index is 0.0491. The van der Waals surface area contributed by atoms with Gasteiger partial charge in [0, 0.05) is 36.1 Å². The predicted molar refractivity (Wildman–Crippen MR) is 127 cm³/mol. The van der Waals surface area contributed by atoms with Gasteiger partial charge in [0.25, 0.3) is 5.91 Å². The Labute approximate surface area is 188 Å². The van der Waals surface area contributed by atoms with E-state index in [1.807, 2.05) is 17.8 Å². The zero-order valence-electron chi connectivity index (χ0n) is 20.3.